The molecule has 1 aromatic rings. The molecule has 0 aliphatic heterocycles. The first kappa shape index (κ1) is 9.45. The second-order valence-electron chi connectivity index (χ2n) is 2.19. The normalized spacial score (nSPS) is 10.2. The van der Waals surface area contributed by atoms with Gasteiger partial charge < -0.3 is 9.47 Å². The van der Waals surface area contributed by atoms with E-state index >= 15 is 0 Å². The molecule has 0 spiro atoms. The largest absolute Gasteiger partial charge is 0.359 e. The van der Waals surface area contributed by atoms with Crippen molar-refractivity contribution in [3.05, 3.63) is 29.0 Å². The number of methoxy groups -OCH3 is 1. The molecular weight excluding hydrogens is 178 g/mol. The molecule has 1 radical (unpaired) electrons. The zero-order chi connectivity index (χ0) is 8.81. The Morgan fingerprint density at radius 2 is 2.50 bits per heavy atom. The highest BCUT2D eigenvalue weighted by Gasteiger charge is 1.94. The predicted molar refractivity (Wildman–Crippen MR) is 44.7 cm³/mol. The number of halogens is 1. The second-order valence-corrected chi connectivity index (χ2v) is 2.60. The maximum absolute atomic E-state index is 5.65. The summed E-state index contributed by atoms with van der Waals surface area (Å²) in [5.41, 5.74) is 0.913. The molecule has 1 heterocycles. The van der Waals surface area contributed by atoms with Gasteiger partial charge in [-0.3, -0.25) is 4.98 Å². The van der Waals surface area contributed by atoms with E-state index in [9.17, 15) is 0 Å². The fourth-order valence-corrected chi connectivity index (χ4v) is 0.920. The van der Waals surface area contributed by atoms with E-state index in [1.54, 1.807) is 19.4 Å². The molecule has 65 valence electrons. The van der Waals surface area contributed by atoms with Crippen molar-refractivity contribution in [2.75, 3.05) is 13.9 Å². The fraction of sp³-hybridized carbons (Fsp3) is 0.375. The number of ether oxygens (including phenoxy) is 2. The lowest BCUT2D eigenvalue weighted by Crippen LogP contribution is -1.97. The lowest BCUT2D eigenvalue weighted by molar-refractivity contribution is -0.0391. The number of nitrogens with zero attached hydrogens (tertiary/aromatic N) is 1. The van der Waals surface area contributed by atoms with E-state index in [4.69, 9.17) is 21.1 Å². The molecule has 0 aliphatic carbocycles. The summed E-state index contributed by atoms with van der Waals surface area (Å²) in [6, 6.07) is 1.75. The Bertz CT molecular complexity index is 242. The van der Waals surface area contributed by atoms with Gasteiger partial charge in [0.1, 0.15) is 13.0 Å². The van der Waals surface area contributed by atoms with Crippen LogP contribution in [-0.2, 0) is 16.1 Å². The summed E-state index contributed by atoms with van der Waals surface area (Å²) in [5, 5.41) is 0.494. The van der Waals surface area contributed by atoms with Crippen molar-refractivity contribution in [2.45, 2.75) is 6.61 Å². The van der Waals surface area contributed by atoms with E-state index in [1.165, 1.54) is 0 Å². The Kier molecular flexibility index (Phi) is 4.00. The molecule has 0 aliphatic rings. The zero-order valence-electron chi connectivity index (χ0n) is 6.71. The van der Waals surface area contributed by atoms with Crippen molar-refractivity contribution < 1.29 is 9.47 Å². The maximum atomic E-state index is 5.65. The van der Waals surface area contributed by atoms with Crippen LogP contribution < -0.4 is 0 Å². The molecule has 0 N–H and O–H groups in total. The molecule has 0 amide bonds. The van der Waals surface area contributed by atoms with Crippen LogP contribution in [-0.4, -0.2) is 18.9 Å². The van der Waals surface area contributed by atoms with E-state index in [1.807, 2.05) is 0 Å². The first-order valence-corrected chi connectivity index (χ1v) is 3.79. The monoisotopic (exact) mass is 186 g/mol. The lowest BCUT2D eigenvalue weighted by Gasteiger charge is -2.01. The molecule has 0 aromatic carbocycles. The SMILES string of the molecule is COCOCc1cn[c]c(Cl)c1. The third kappa shape index (κ3) is 3.17. The maximum Gasteiger partial charge on any atom is 0.146 e. The molecule has 0 saturated carbocycles. The van der Waals surface area contributed by atoms with Crippen molar-refractivity contribution >= 4 is 11.6 Å². The van der Waals surface area contributed by atoms with Gasteiger partial charge in [0.2, 0.25) is 0 Å². The summed E-state index contributed by atoms with van der Waals surface area (Å²) >= 11 is 5.65. The lowest BCUT2D eigenvalue weighted by atomic mass is 10.3. The van der Waals surface area contributed by atoms with Crippen LogP contribution in [0.2, 0.25) is 5.02 Å². The summed E-state index contributed by atoms with van der Waals surface area (Å²) in [6.07, 6.45) is 4.24. The smallest absolute Gasteiger partial charge is 0.146 e. The Labute approximate surface area is 76.3 Å². The summed E-state index contributed by atoms with van der Waals surface area (Å²) in [6.45, 7) is 0.728. The van der Waals surface area contributed by atoms with Gasteiger partial charge in [-0.2, -0.15) is 0 Å². The summed E-state index contributed by atoms with van der Waals surface area (Å²) in [5.74, 6) is 0. The van der Waals surface area contributed by atoms with Crippen molar-refractivity contribution in [2.24, 2.45) is 0 Å². The number of hydrogen-bond donors (Lipinski definition) is 0. The van der Waals surface area contributed by atoms with Crippen molar-refractivity contribution in [1.29, 1.82) is 0 Å². The highest BCUT2D eigenvalue weighted by atomic mass is 35.5. The molecule has 1 rings (SSSR count). The molecule has 0 bridgehead atoms. The van der Waals surface area contributed by atoms with Crippen LogP contribution >= 0.6 is 11.6 Å². The van der Waals surface area contributed by atoms with E-state index in [2.05, 4.69) is 11.2 Å². The quantitative estimate of drug-likeness (QED) is 0.530. The first-order chi connectivity index (χ1) is 5.83. The van der Waals surface area contributed by atoms with E-state index in [0.717, 1.165) is 5.56 Å². The van der Waals surface area contributed by atoms with Crippen LogP contribution in [0.25, 0.3) is 0 Å². The van der Waals surface area contributed by atoms with Gasteiger partial charge in [0.15, 0.2) is 0 Å². The standard InChI is InChI=1S/C8H9ClNO2/c1-11-6-12-5-7-2-8(9)4-10-3-7/h2-3H,5-6H2,1H3. The van der Waals surface area contributed by atoms with Crippen LogP contribution in [0.15, 0.2) is 12.3 Å². The summed E-state index contributed by atoms with van der Waals surface area (Å²) < 4.78 is 9.80. The fourth-order valence-electron chi connectivity index (χ4n) is 0.731. The van der Waals surface area contributed by atoms with Gasteiger partial charge in [-0.25, -0.2) is 0 Å². The van der Waals surface area contributed by atoms with Crippen molar-refractivity contribution in [1.82, 2.24) is 4.98 Å². The molecule has 4 heteroatoms. The highest BCUT2D eigenvalue weighted by Crippen LogP contribution is 2.08. The average molecular weight is 187 g/mol. The van der Waals surface area contributed by atoms with Crippen LogP contribution in [0.1, 0.15) is 5.56 Å². The zero-order valence-corrected chi connectivity index (χ0v) is 7.47. The van der Waals surface area contributed by atoms with Gasteiger partial charge in [0.05, 0.1) is 11.6 Å². The number of rotatable bonds is 4. The number of aromatic nitrogens is 1. The van der Waals surface area contributed by atoms with Gasteiger partial charge in [-0.1, -0.05) is 11.6 Å². The van der Waals surface area contributed by atoms with Crippen LogP contribution in [0.5, 0.6) is 0 Å². The first-order valence-electron chi connectivity index (χ1n) is 3.41. The van der Waals surface area contributed by atoms with E-state index in [-0.39, 0.29) is 6.79 Å². The molecular formula is C8H9ClNO2. The minimum Gasteiger partial charge on any atom is -0.359 e. The topological polar surface area (TPSA) is 31.4 Å². The number of pyridine rings is 1. The molecule has 0 fully saturated rings. The van der Waals surface area contributed by atoms with Crippen LogP contribution in [0.4, 0.5) is 0 Å². The van der Waals surface area contributed by atoms with E-state index < -0.39 is 0 Å². The summed E-state index contributed by atoms with van der Waals surface area (Å²) in [4.78, 5) is 3.79. The molecule has 12 heavy (non-hydrogen) atoms. The number of hydrogen-bond acceptors (Lipinski definition) is 3. The minimum absolute atomic E-state index is 0.274. The van der Waals surface area contributed by atoms with Crippen LogP contribution in [0.3, 0.4) is 0 Å². The Hall–Kier alpha value is -0.640. The van der Waals surface area contributed by atoms with Crippen LogP contribution in [0, 0.1) is 6.20 Å². The third-order valence-corrected chi connectivity index (χ3v) is 1.38. The Balaban J connectivity index is 2.41. The third-order valence-electron chi connectivity index (χ3n) is 1.18. The van der Waals surface area contributed by atoms with Crippen molar-refractivity contribution in [3.8, 4) is 0 Å². The predicted octanol–water partition coefficient (Wildman–Crippen LogP) is 1.66. The van der Waals surface area contributed by atoms with Gasteiger partial charge in [-0.05, 0) is 11.6 Å². The second kappa shape index (κ2) is 5.09. The average Bonchev–Trinajstić information content (AvgIpc) is 2.05. The van der Waals surface area contributed by atoms with Crippen molar-refractivity contribution in [3.63, 3.8) is 0 Å². The molecule has 0 atom stereocenters. The van der Waals surface area contributed by atoms with Gasteiger partial charge in [0, 0.05) is 13.3 Å². The molecule has 0 unspecified atom stereocenters. The molecule has 3 nitrogen and oxygen atoms in total. The van der Waals surface area contributed by atoms with E-state index in [0.29, 0.717) is 11.6 Å². The minimum atomic E-state index is 0.274. The van der Waals surface area contributed by atoms with Gasteiger partial charge >= 0.3 is 0 Å². The summed E-state index contributed by atoms with van der Waals surface area (Å²) in [7, 11) is 1.57. The van der Waals surface area contributed by atoms with Gasteiger partial charge in [0.25, 0.3) is 0 Å². The Morgan fingerprint density at radius 3 is 3.17 bits per heavy atom. The Morgan fingerprint density at radius 1 is 1.67 bits per heavy atom. The molecule has 1 aromatic heterocycles. The molecule has 0 saturated heterocycles. The highest BCUT2D eigenvalue weighted by molar-refractivity contribution is 6.30. The van der Waals surface area contributed by atoms with Gasteiger partial charge in [-0.15, -0.1) is 0 Å².